The van der Waals surface area contributed by atoms with Gasteiger partial charge in [0.05, 0.1) is 20.9 Å². The zero-order valence-electron chi connectivity index (χ0n) is 13.8. The number of nitro benzene ring substituents is 1. The fourth-order valence-electron chi connectivity index (χ4n) is 2.85. The van der Waals surface area contributed by atoms with Crippen molar-refractivity contribution in [2.24, 2.45) is 0 Å². The average molecular weight is 384 g/mol. The topological polar surface area (TPSA) is 119 Å². The number of thiophene rings is 1. The second kappa shape index (κ2) is 6.72. The minimum atomic E-state index is -0.596. The molecule has 0 fully saturated rings. The molecule has 0 unspecified atom stereocenters. The number of aromatic nitrogens is 2. The van der Waals surface area contributed by atoms with Crippen LogP contribution in [0.2, 0.25) is 0 Å². The minimum Gasteiger partial charge on any atom is -0.339 e. The number of non-ortho nitro benzene ring substituents is 1. The number of hydrogen-bond acceptors (Lipinski definition) is 8. The number of carbonyl (C=O) groups is 2. The Morgan fingerprint density at radius 2 is 2.00 bits per heavy atom. The molecule has 0 spiro atoms. The molecule has 2 aromatic heterocycles. The van der Waals surface area contributed by atoms with Gasteiger partial charge in [-0.15, -0.1) is 11.3 Å². The number of nitrogens with zero attached hydrogens (tertiary/aromatic N) is 4. The fourth-order valence-corrected chi connectivity index (χ4v) is 3.50. The summed E-state index contributed by atoms with van der Waals surface area (Å²) in [6, 6.07) is 7.46. The number of amides is 2. The van der Waals surface area contributed by atoms with Crippen LogP contribution in [0.25, 0.3) is 10.7 Å². The van der Waals surface area contributed by atoms with Crippen molar-refractivity contribution in [1.29, 1.82) is 0 Å². The Morgan fingerprint density at radius 1 is 1.19 bits per heavy atom. The quantitative estimate of drug-likeness (QED) is 0.364. The normalized spacial score (nSPS) is 13.3. The number of fused-ring (bicyclic) bond motifs is 1. The molecule has 1 aliphatic rings. The van der Waals surface area contributed by atoms with Crippen molar-refractivity contribution < 1.29 is 19.0 Å². The molecule has 136 valence electrons. The van der Waals surface area contributed by atoms with Crippen molar-refractivity contribution in [2.75, 3.05) is 6.54 Å². The van der Waals surface area contributed by atoms with E-state index in [1.165, 1.54) is 23.5 Å². The smallest absolute Gasteiger partial charge is 0.270 e. The summed E-state index contributed by atoms with van der Waals surface area (Å²) in [5.74, 6) is -0.0445. The van der Waals surface area contributed by atoms with Crippen LogP contribution in [0.3, 0.4) is 0 Å². The number of aryl methyl sites for hydroxylation is 1. The van der Waals surface area contributed by atoms with Crippen LogP contribution < -0.4 is 0 Å². The summed E-state index contributed by atoms with van der Waals surface area (Å²) in [6.07, 6.45) is 0.853. The fraction of sp³-hybridized carbons (Fsp3) is 0.176. The lowest BCUT2D eigenvalue weighted by Gasteiger charge is -2.12. The Hall–Kier alpha value is -3.40. The molecule has 0 bridgehead atoms. The molecule has 3 heterocycles. The Balaban J connectivity index is 1.41. The van der Waals surface area contributed by atoms with Crippen LogP contribution in [0.5, 0.6) is 0 Å². The summed E-state index contributed by atoms with van der Waals surface area (Å²) in [6.45, 7) is 0.164. The number of imide groups is 1. The van der Waals surface area contributed by atoms with Crippen LogP contribution in [0, 0.1) is 10.1 Å². The predicted octanol–water partition coefficient (Wildman–Crippen LogP) is 2.94. The second-order valence-electron chi connectivity index (χ2n) is 5.84. The van der Waals surface area contributed by atoms with Gasteiger partial charge < -0.3 is 4.52 Å². The first-order valence-electron chi connectivity index (χ1n) is 8.05. The lowest BCUT2D eigenvalue weighted by atomic mass is 10.1. The SMILES string of the molecule is O=C1c2ccc([N+](=O)[O-])cc2C(=O)N1CCCc1nc(-c2cccs2)no1. The van der Waals surface area contributed by atoms with Crippen molar-refractivity contribution in [3.05, 3.63) is 62.8 Å². The molecule has 0 radical (unpaired) electrons. The highest BCUT2D eigenvalue weighted by Crippen LogP contribution is 2.27. The molecule has 1 aliphatic heterocycles. The average Bonchev–Trinajstić information content (AvgIpc) is 3.38. The summed E-state index contributed by atoms with van der Waals surface area (Å²) in [4.78, 5) is 41.3. The standard InChI is InChI=1S/C17H12N4O5S/c22-16-11-6-5-10(21(24)25)9-12(11)17(23)20(16)7-1-4-14-18-15(19-26-14)13-3-2-8-27-13/h2-3,5-6,8-9H,1,4,7H2. The summed E-state index contributed by atoms with van der Waals surface area (Å²) in [5, 5.41) is 16.7. The highest BCUT2D eigenvalue weighted by molar-refractivity contribution is 7.13. The van der Waals surface area contributed by atoms with Gasteiger partial charge in [-0.3, -0.25) is 24.6 Å². The Bertz CT molecular complexity index is 1040. The molecule has 0 saturated heterocycles. The highest BCUT2D eigenvalue weighted by atomic mass is 32.1. The van der Waals surface area contributed by atoms with E-state index in [1.807, 2.05) is 17.5 Å². The van der Waals surface area contributed by atoms with E-state index in [4.69, 9.17) is 4.52 Å². The molecule has 2 amide bonds. The van der Waals surface area contributed by atoms with Gasteiger partial charge in [-0.1, -0.05) is 11.2 Å². The van der Waals surface area contributed by atoms with E-state index in [2.05, 4.69) is 10.1 Å². The van der Waals surface area contributed by atoms with Gasteiger partial charge in [0.2, 0.25) is 11.7 Å². The zero-order chi connectivity index (χ0) is 19.0. The summed E-state index contributed by atoms with van der Waals surface area (Å²) in [5.41, 5.74) is 0.0269. The first kappa shape index (κ1) is 17.0. The van der Waals surface area contributed by atoms with E-state index in [0.29, 0.717) is 24.6 Å². The van der Waals surface area contributed by atoms with Crippen LogP contribution in [-0.4, -0.2) is 38.3 Å². The van der Waals surface area contributed by atoms with E-state index >= 15 is 0 Å². The lowest BCUT2D eigenvalue weighted by Crippen LogP contribution is -2.31. The molecule has 0 atom stereocenters. The molecule has 10 heteroatoms. The summed E-state index contributed by atoms with van der Waals surface area (Å²) < 4.78 is 5.19. The van der Waals surface area contributed by atoms with E-state index in [9.17, 15) is 19.7 Å². The largest absolute Gasteiger partial charge is 0.339 e. The van der Waals surface area contributed by atoms with Crippen molar-refractivity contribution in [2.45, 2.75) is 12.8 Å². The van der Waals surface area contributed by atoms with Crippen LogP contribution in [0.1, 0.15) is 33.0 Å². The third kappa shape index (κ3) is 3.10. The molecule has 9 nitrogen and oxygen atoms in total. The van der Waals surface area contributed by atoms with Gasteiger partial charge in [-0.05, 0) is 23.9 Å². The first-order valence-corrected chi connectivity index (χ1v) is 8.93. The van der Waals surface area contributed by atoms with Gasteiger partial charge >= 0.3 is 0 Å². The Kier molecular flexibility index (Phi) is 4.24. The number of rotatable bonds is 6. The molecule has 27 heavy (non-hydrogen) atoms. The number of benzene rings is 1. The number of carbonyl (C=O) groups excluding carboxylic acids is 2. The monoisotopic (exact) mass is 384 g/mol. The van der Waals surface area contributed by atoms with Crippen LogP contribution >= 0.6 is 11.3 Å². The molecule has 0 saturated carbocycles. The molecular weight excluding hydrogens is 372 g/mol. The van der Waals surface area contributed by atoms with E-state index < -0.39 is 16.7 Å². The van der Waals surface area contributed by atoms with E-state index in [0.717, 1.165) is 15.8 Å². The van der Waals surface area contributed by atoms with Gasteiger partial charge in [-0.25, -0.2) is 0 Å². The molecule has 3 aromatic rings. The van der Waals surface area contributed by atoms with Gasteiger partial charge in [0.15, 0.2) is 0 Å². The first-order chi connectivity index (χ1) is 13.0. The highest BCUT2D eigenvalue weighted by Gasteiger charge is 2.36. The number of hydrogen-bond donors (Lipinski definition) is 0. The lowest BCUT2D eigenvalue weighted by molar-refractivity contribution is -0.384. The molecule has 0 aliphatic carbocycles. The van der Waals surface area contributed by atoms with E-state index in [-0.39, 0.29) is 23.4 Å². The van der Waals surface area contributed by atoms with E-state index in [1.54, 1.807) is 0 Å². The molecule has 0 N–H and O–H groups in total. The van der Waals surface area contributed by atoms with Crippen LogP contribution in [-0.2, 0) is 6.42 Å². The second-order valence-corrected chi connectivity index (χ2v) is 6.79. The van der Waals surface area contributed by atoms with Crippen LogP contribution in [0.4, 0.5) is 5.69 Å². The van der Waals surface area contributed by atoms with Gasteiger partial charge in [0, 0.05) is 25.1 Å². The molecule has 1 aromatic carbocycles. The van der Waals surface area contributed by atoms with Crippen molar-refractivity contribution in [1.82, 2.24) is 15.0 Å². The van der Waals surface area contributed by atoms with Crippen LogP contribution in [0.15, 0.2) is 40.2 Å². The number of nitro groups is 1. The zero-order valence-corrected chi connectivity index (χ0v) is 14.6. The maximum atomic E-state index is 12.4. The van der Waals surface area contributed by atoms with Crippen molar-refractivity contribution in [3.8, 4) is 10.7 Å². The minimum absolute atomic E-state index is 0.0620. The van der Waals surface area contributed by atoms with Gasteiger partial charge in [-0.2, -0.15) is 4.98 Å². The Labute approximate surface area is 156 Å². The third-order valence-corrected chi connectivity index (χ3v) is 5.01. The maximum Gasteiger partial charge on any atom is 0.270 e. The maximum absolute atomic E-state index is 12.4. The summed E-state index contributed by atoms with van der Waals surface area (Å²) >= 11 is 1.50. The Morgan fingerprint density at radius 3 is 2.74 bits per heavy atom. The molecular formula is C17H12N4O5S. The van der Waals surface area contributed by atoms with Gasteiger partial charge in [0.1, 0.15) is 0 Å². The predicted molar refractivity (Wildman–Crippen MR) is 94.4 cm³/mol. The molecule has 4 rings (SSSR count). The van der Waals surface area contributed by atoms with Crippen molar-refractivity contribution in [3.63, 3.8) is 0 Å². The van der Waals surface area contributed by atoms with Gasteiger partial charge in [0.25, 0.3) is 17.5 Å². The summed E-state index contributed by atoms with van der Waals surface area (Å²) in [7, 11) is 0. The third-order valence-electron chi connectivity index (χ3n) is 4.15. The van der Waals surface area contributed by atoms with Crippen molar-refractivity contribution >= 4 is 28.8 Å².